The standard InChI is InChI=1S/C56H37N3O2/c1-2-14-34(15-3-1)54-57-55(45-22-12-21-44-41-19-8-10-23-49(41)60-52(44)45)59-56(58-54)48-32-38(31-47-42-20-9-11-24-50(42)61-53(47)48)40-27-26-37-29-35-16-4-5-17-36(35)30-46(37)43-28-25-33-13-6-7-18-39(33)51(40)43/h1-25,28-32,40,54H,26-27H2,(H,57,58,59). The lowest BCUT2D eigenvalue weighted by Gasteiger charge is -2.25. The third-order valence-corrected chi connectivity index (χ3v) is 12.9. The fourth-order valence-corrected chi connectivity index (χ4v) is 10.1. The molecule has 0 saturated carbocycles. The maximum atomic E-state index is 6.85. The molecule has 0 spiro atoms. The first-order valence-corrected chi connectivity index (χ1v) is 21.1. The van der Waals surface area contributed by atoms with E-state index in [9.17, 15) is 0 Å². The summed E-state index contributed by atoms with van der Waals surface area (Å²) < 4.78 is 13.4. The molecule has 0 bridgehead atoms. The summed E-state index contributed by atoms with van der Waals surface area (Å²) in [5.74, 6) is 1.40. The van der Waals surface area contributed by atoms with Crippen molar-refractivity contribution in [1.82, 2.24) is 5.32 Å². The second kappa shape index (κ2) is 13.4. The van der Waals surface area contributed by atoms with Gasteiger partial charge in [0.1, 0.15) is 34.3 Å². The number of para-hydroxylation sites is 3. The van der Waals surface area contributed by atoms with Crippen molar-refractivity contribution in [3.63, 3.8) is 0 Å². The summed E-state index contributed by atoms with van der Waals surface area (Å²) in [6, 6.07) is 65.0. The van der Waals surface area contributed by atoms with Gasteiger partial charge in [-0.25, -0.2) is 9.98 Å². The van der Waals surface area contributed by atoms with Gasteiger partial charge in [-0.2, -0.15) is 0 Å². The molecule has 1 N–H and O–H groups in total. The maximum absolute atomic E-state index is 6.85. The van der Waals surface area contributed by atoms with E-state index < -0.39 is 6.17 Å². The number of nitrogens with one attached hydrogen (secondary N) is 1. The van der Waals surface area contributed by atoms with E-state index >= 15 is 0 Å². The molecule has 5 nitrogen and oxygen atoms in total. The van der Waals surface area contributed by atoms with Crippen LogP contribution in [0.15, 0.2) is 201 Å². The summed E-state index contributed by atoms with van der Waals surface area (Å²) in [5.41, 5.74) is 12.6. The van der Waals surface area contributed by atoms with Crippen LogP contribution >= 0.6 is 0 Å². The van der Waals surface area contributed by atoms with Gasteiger partial charge in [-0.15, -0.1) is 0 Å². The summed E-state index contributed by atoms with van der Waals surface area (Å²) in [5, 5.41) is 13.1. The fraction of sp³-hybridized carbons (Fsp3) is 0.0714. The second-order valence-electron chi connectivity index (χ2n) is 16.4. The largest absolute Gasteiger partial charge is 0.455 e. The van der Waals surface area contributed by atoms with Crippen molar-refractivity contribution in [2.24, 2.45) is 9.98 Å². The highest BCUT2D eigenvalue weighted by molar-refractivity contribution is 6.22. The van der Waals surface area contributed by atoms with E-state index in [0.717, 1.165) is 73.4 Å². The average Bonchev–Trinajstić information content (AvgIpc) is 3.85. The Kier molecular flexibility index (Phi) is 7.49. The number of hydrogen-bond acceptors (Lipinski definition) is 5. The number of nitrogens with zero attached hydrogens (tertiary/aromatic N) is 2. The summed E-state index contributed by atoms with van der Waals surface area (Å²) >= 11 is 0. The van der Waals surface area contributed by atoms with Gasteiger partial charge in [0, 0.05) is 27.5 Å². The lowest BCUT2D eigenvalue weighted by molar-refractivity contribution is 0.657. The van der Waals surface area contributed by atoms with E-state index in [0.29, 0.717) is 11.7 Å². The second-order valence-corrected chi connectivity index (χ2v) is 16.4. The minimum atomic E-state index is -0.405. The molecule has 9 aromatic carbocycles. The zero-order chi connectivity index (χ0) is 40.0. The molecule has 0 radical (unpaired) electrons. The van der Waals surface area contributed by atoms with Crippen LogP contribution in [0.4, 0.5) is 0 Å². The first kappa shape index (κ1) is 34.1. The van der Waals surface area contributed by atoms with Gasteiger partial charge in [-0.3, -0.25) is 0 Å². The molecule has 0 saturated heterocycles. The molecule has 13 rings (SSSR count). The zero-order valence-electron chi connectivity index (χ0n) is 33.1. The number of furan rings is 2. The van der Waals surface area contributed by atoms with Crippen LogP contribution in [0.1, 0.15) is 51.9 Å². The summed E-state index contributed by atoms with van der Waals surface area (Å²) in [7, 11) is 0. The van der Waals surface area contributed by atoms with Crippen molar-refractivity contribution >= 4 is 77.1 Å². The number of rotatable bonds is 4. The van der Waals surface area contributed by atoms with E-state index in [1.54, 1.807) is 0 Å². The van der Waals surface area contributed by atoms with Gasteiger partial charge in [0.05, 0.1) is 11.1 Å². The third-order valence-electron chi connectivity index (χ3n) is 12.9. The predicted octanol–water partition coefficient (Wildman–Crippen LogP) is 14.0. The Labute approximate surface area is 351 Å². The fourth-order valence-electron chi connectivity index (χ4n) is 10.1. The Morgan fingerprint density at radius 3 is 1.92 bits per heavy atom. The van der Waals surface area contributed by atoms with E-state index in [4.69, 9.17) is 18.8 Å². The first-order valence-electron chi connectivity index (χ1n) is 21.1. The zero-order valence-corrected chi connectivity index (χ0v) is 33.1. The van der Waals surface area contributed by atoms with Crippen LogP contribution in [-0.2, 0) is 6.42 Å². The van der Waals surface area contributed by atoms with Crippen molar-refractivity contribution in [2.75, 3.05) is 0 Å². The van der Waals surface area contributed by atoms with Crippen LogP contribution in [0.5, 0.6) is 0 Å². The Morgan fingerprint density at radius 1 is 0.459 bits per heavy atom. The van der Waals surface area contributed by atoms with Crippen molar-refractivity contribution in [2.45, 2.75) is 24.9 Å². The lowest BCUT2D eigenvalue weighted by Crippen LogP contribution is -2.33. The molecule has 11 aromatic rings. The molecule has 2 aromatic heterocycles. The maximum Gasteiger partial charge on any atom is 0.163 e. The molecular weight excluding hydrogens is 747 g/mol. The number of amidine groups is 2. The highest BCUT2D eigenvalue weighted by Crippen LogP contribution is 2.47. The highest BCUT2D eigenvalue weighted by Gasteiger charge is 2.30. The Balaban J connectivity index is 1.06. The minimum absolute atomic E-state index is 0.0833. The van der Waals surface area contributed by atoms with E-state index in [1.807, 2.05) is 24.3 Å². The van der Waals surface area contributed by atoms with Crippen molar-refractivity contribution in [1.29, 1.82) is 0 Å². The SMILES string of the molecule is c1ccc(C2N=C(c3cccc4c3oc3ccccc34)N=C(c3cc(C4CCc5cc6ccccc6cc5-c5ccc6ccccc6c54)cc4c3oc3ccccc34)N2)cc1. The topological polar surface area (TPSA) is 63.0 Å². The normalized spacial score (nSPS) is 16.4. The lowest BCUT2D eigenvalue weighted by atomic mass is 9.81. The molecule has 1 aliphatic carbocycles. The number of benzene rings is 9. The highest BCUT2D eigenvalue weighted by atomic mass is 16.3. The van der Waals surface area contributed by atoms with Crippen molar-refractivity contribution in [3.8, 4) is 11.1 Å². The summed E-state index contributed by atoms with van der Waals surface area (Å²) in [6.45, 7) is 0. The van der Waals surface area contributed by atoms with Crippen molar-refractivity contribution in [3.05, 3.63) is 215 Å². The molecule has 2 aliphatic rings. The van der Waals surface area contributed by atoms with Gasteiger partial charge in [0.15, 0.2) is 5.84 Å². The molecule has 0 fully saturated rings. The van der Waals surface area contributed by atoms with Crippen molar-refractivity contribution < 1.29 is 8.83 Å². The van der Waals surface area contributed by atoms with Crippen LogP contribution in [0.2, 0.25) is 0 Å². The molecule has 1 aliphatic heterocycles. The number of aliphatic imine (C=N–C) groups is 2. The molecular formula is C56H37N3O2. The number of fused-ring (bicyclic) bond motifs is 12. The van der Waals surface area contributed by atoms with E-state index in [2.05, 4.69) is 163 Å². The van der Waals surface area contributed by atoms with Crippen LogP contribution in [-0.4, -0.2) is 11.7 Å². The van der Waals surface area contributed by atoms with Crippen LogP contribution in [0.3, 0.4) is 0 Å². The Morgan fingerprint density at radius 2 is 1.11 bits per heavy atom. The van der Waals surface area contributed by atoms with E-state index in [-0.39, 0.29) is 5.92 Å². The molecule has 288 valence electrons. The molecule has 61 heavy (non-hydrogen) atoms. The van der Waals surface area contributed by atoms with Gasteiger partial charge >= 0.3 is 0 Å². The van der Waals surface area contributed by atoms with Crippen LogP contribution in [0.25, 0.3) is 76.5 Å². The smallest absolute Gasteiger partial charge is 0.163 e. The number of hydrogen-bond donors (Lipinski definition) is 1. The molecule has 2 unspecified atom stereocenters. The molecule has 3 heterocycles. The van der Waals surface area contributed by atoms with Gasteiger partial charge in [-0.05, 0) is 104 Å². The van der Waals surface area contributed by atoms with Gasteiger partial charge in [0.2, 0.25) is 0 Å². The minimum Gasteiger partial charge on any atom is -0.455 e. The molecule has 0 amide bonds. The third kappa shape index (κ3) is 5.40. The van der Waals surface area contributed by atoms with Gasteiger partial charge in [0.25, 0.3) is 0 Å². The predicted molar refractivity (Wildman–Crippen MR) is 250 cm³/mol. The molecule has 5 heteroatoms. The quantitative estimate of drug-likeness (QED) is 0.193. The van der Waals surface area contributed by atoms with E-state index in [1.165, 1.54) is 49.4 Å². The number of aryl methyl sites for hydroxylation is 1. The van der Waals surface area contributed by atoms with Crippen LogP contribution < -0.4 is 5.32 Å². The summed E-state index contributed by atoms with van der Waals surface area (Å²) in [4.78, 5) is 10.7. The monoisotopic (exact) mass is 783 g/mol. The van der Waals surface area contributed by atoms with Crippen LogP contribution in [0, 0.1) is 0 Å². The first-order chi connectivity index (χ1) is 30.2. The van der Waals surface area contributed by atoms with Gasteiger partial charge in [-0.1, -0.05) is 146 Å². The Hall–Kier alpha value is -7.76. The van der Waals surface area contributed by atoms with Gasteiger partial charge < -0.3 is 14.2 Å². The molecule has 2 atom stereocenters. The average molecular weight is 784 g/mol. The summed E-state index contributed by atoms with van der Waals surface area (Å²) in [6.07, 6.45) is 1.49. The Bertz CT molecular complexity index is 3650.